The second-order valence-corrected chi connectivity index (χ2v) is 7.11. The van der Waals surface area contributed by atoms with E-state index < -0.39 is 0 Å². The smallest absolute Gasteiger partial charge is 0.317 e. The summed E-state index contributed by atoms with van der Waals surface area (Å²) < 4.78 is 7.03. The standard InChI is InChI=1S/C20H23N3O3/c1-26-17-7-5-14(6-8-17)10-21-20(25)22-11-15-9-16(13-22)18-3-2-4-19(24)23(18)12-15/h2-8,15-16H,9-13H2,1H3,(H,21,25)/t15-,16+/m0/s1. The van der Waals surface area contributed by atoms with Crippen LogP contribution >= 0.6 is 0 Å². The number of ether oxygens (including phenoxy) is 1. The molecular weight excluding hydrogens is 330 g/mol. The van der Waals surface area contributed by atoms with Gasteiger partial charge in [0.15, 0.2) is 0 Å². The highest BCUT2D eigenvalue weighted by molar-refractivity contribution is 5.74. The summed E-state index contributed by atoms with van der Waals surface area (Å²) in [4.78, 5) is 26.6. The minimum Gasteiger partial charge on any atom is -0.497 e. The number of nitrogens with zero attached hydrogens (tertiary/aromatic N) is 2. The molecule has 1 fully saturated rings. The molecule has 2 bridgehead atoms. The molecule has 136 valence electrons. The van der Waals surface area contributed by atoms with Crippen LogP contribution < -0.4 is 15.6 Å². The van der Waals surface area contributed by atoms with Gasteiger partial charge in [0.2, 0.25) is 0 Å². The number of hydrogen-bond donors (Lipinski definition) is 1. The molecule has 2 amide bonds. The number of carbonyl (C=O) groups excluding carboxylic acids is 1. The highest BCUT2D eigenvalue weighted by Gasteiger charge is 2.36. The van der Waals surface area contributed by atoms with Gasteiger partial charge < -0.3 is 19.5 Å². The first kappa shape index (κ1) is 16.7. The largest absolute Gasteiger partial charge is 0.497 e. The molecule has 2 aliphatic heterocycles. The van der Waals surface area contributed by atoms with Gasteiger partial charge in [-0.15, -0.1) is 0 Å². The molecule has 6 nitrogen and oxygen atoms in total. The van der Waals surface area contributed by atoms with E-state index in [9.17, 15) is 9.59 Å². The van der Waals surface area contributed by atoms with Crippen LogP contribution in [0.25, 0.3) is 0 Å². The third kappa shape index (κ3) is 3.19. The molecule has 2 atom stereocenters. The molecule has 1 aromatic carbocycles. The van der Waals surface area contributed by atoms with Crippen molar-refractivity contribution in [3.8, 4) is 5.75 Å². The SMILES string of the molecule is COc1ccc(CNC(=O)N2C[C@@H]3C[C@H](C2)c2cccc(=O)n2C3)cc1. The van der Waals surface area contributed by atoms with Crippen LogP contribution in [0.15, 0.2) is 47.3 Å². The zero-order chi connectivity index (χ0) is 18.1. The number of urea groups is 1. The summed E-state index contributed by atoms with van der Waals surface area (Å²) in [6.45, 7) is 2.55. The fraction of sp³-hybridized carbons (Fsp3) is 0.400. The monoisotopic (exact) mass is 353 g/mol. The van der Waals surface area contributed by atoms with Crippen molar-refractivity contribution in [1.82, 2.24) is 14.8 Å². The van der Waals surface area contributed by atoms with Crippen LogP contribution in [0.5, 0.6) is 5.75 Å². The Labute approximate surface area is 152 Å². The topological polar surface area (TPSA) is 63.6 Å². The molecule has 0 spiro atoms. The summed E-state index contributed by atoms with van der Waals surface area (Å²) in [5, 5.41) is 3.01. The van der Waals surface area contributed by atoms with E-state index in [0.717, 1.165) is 23.4 Å². The summed E-state index contributed by atoms with van der Waals surface area (Å²) in [6.07, 6.45) is 1.05. The Hall–Kier alpha value is -2.76. The molecule has 0 radical (unpaired) electrons. The van der Waals surface area contributed by atoms with Crippen molar-refractivity contribution in [2.75, 3.05) is 20.2 Å². The number of fused-ring (bicyclic) bond motifs is 4. The third-order valence-corrected chi connectivity index (χ3v) is 5.37. The summed E-state index contributed by atoms with van der Waals surface area (Å²) in [5.74, 6) is 1.38. The van der Waals surface area contributed by atoms with Gasteiger partial charge in [-0.25, -0.2) is 4.79 Å². The first-order valence-corrected chi connectivity index (χ1v) is 8.99. The van der Waals surface area contributed by atoms with Crippen LogP contribution in [0.1, 0.15) is 23.6 Å². The van der Waals surface area contributed by atoms with Gasteiger partial charge in [-0.1, -0.05) is 18.2 Å². The number of methoxy groups -OCH3 is 1. The Kier molecular flexibility index (Phi) is 4.41. The van der Waals surface area contributed by atoms with Crippen molar-refractivity contribution < 1.29 is 9.53 Å². The Bertz CT molecular complexity index is 859. The van der Waals surface area contributed by atoms with Crippen LogP contribution in [0.2, 0.25) is 0 Å². The molecule has 0 saturated carbocycles. The van der Waals surface area contributed by atoms with E-state index in [2.05, 4.69) is 5.32 Å². The van der Waals surface area contributed by atoms with Crippen molar-refractivity contribution in [1.29, 1.82) is 0 Å². The Morgan fingerprint density at radius 2 is 1.96 bits per heavy atom. The summed E-state index contributed by atoms with van der Waals surface area (Å²) in [7, 11) is 1.64. The minimum atomic E-state index is -0.0396. The maximum Gasteiger partial charge on any atom is 0.317 e. The number of hydrogen-bond acceptors (Lipinski definition) is 3. The summed E-state index contributed by atoms with van der Waals surface area (Å²) in [6, 6.07) is 13.1. The summed E-state index contributed by atoms with van der Waals surface area (Å²) in [5.41, 5.74) is 2.16. The molecule has 1 saturated heterocycles. The third-order valence-electron chi connectivity index (χ3n) is 5.37. The second-order valence-electron chi connectivity index (χ2n) is 7.11. The predicted octanol–water partition coefficient (Wildman–Crippen LogP) is 2.19. The number of benzene rings is 1. The molecule has 6 heteroatoms. The van der Waals surface area contributed by atoms with Gasteiger partial charge >= 0.3 is 6.03 Å². The van der Waals surface area contributed by atoms with Crippen LogP contribution in [0, 0.1) is 5.92 Å². The average Bonchev–Trinajstić information content (AvgIpc) is 2.67. The van der Waals surface area contributed by atoms with Gasteiger partial charge in [-0.2, -0.15) is 0 Å². The van der Waals surface area contributed by atoms with Crippen LogP contribution in [-0.4, -0.2) is 35.7 Å². The van der Waals surface area contributed by atoms with Gasteiger partial charge in [0.1, 0.15) is 5.75 Å². The van der Waals surface area contributed by atoms with Crippen molar-refractivity contribution in [3.05, 3.63) is 64.1 Å². The van der Waals surface area contributed by atoms with Crippen molar-refractivity contribution in [3.63, 3.8) is 0 Å². The number of rotatable bonds is 3. The normalized spacial score (nSPS) is 21.0. The molecule has 2 aliphatic rings. The lowest BCUT2D eigenvalue weighted by Gasteiger charge is -2.42. The number of likely N-dealkylation sites (tertiary alicyclic amines) is 1. The predicted molar refractivity (Wildman–Crippen MR) is 98.4 cm³/mol. The summed E-state index contributed by atoms with van der Waals surface area (Å²) >= 11 is 0. The highest BCUT2D eigenvalue weighted by Crippen LogP contribution is 2.34. The number of aromatic nitrogens is 1. The highest BCUT2D eigenvalue weighted by atomic mass is 16.5. The molecular formula is C20H23N3O3. The van der Waals surface area contributed by atoms with Gasteiger partial charge in [0.25, 0.3) is 5.56 Å². The molecule has 0 aliphatic carbocycles. The Balaban J connectivity index is 1.41. The lowest BCUT2D eigenvalue weighted by atomic mass is 9.83. The lowest BCUT2D eigenvalue weighted by molar-refractivity contribution is 0.131. The van der Waals surface area contributed by atoms with E-state index in [1.807, 2.05) is 45.9 Å². The van der Waals surface area contributed by atoms with Crippen molar-refractivity contribution in [2.24, 2.45) is 5.92 Å². The zero-order valence-corrected chi connectivity index (χ0v) is 14.9. The van der Waals surface area contributed by atoms with E-state index in [-0.39, 0.29) is 17.5 Å². The molecule has 4 rings (SSSR count). The quantitative estimate of drug-likeness (QED) is 0.920. The number of amides is 2. The van der Waals surface area contributed by atoms with Gasteiger partial charge in [0.05, 0.1) is 7.11 Å². The average molecular weight is 353 g/mol. The number of carbonyl (C=O) groups is 1. The number of pyridine rings is 1. The van der Waals surface area contributed by atoms with Crippen LogP contribution in [-0.2, 0) is 13.1 Å². The molecule has 1 aromatic heterocycles. The van der Waals surface area contributed by atoms with Crippen molar-refractivity contribution >= 4 is 6.03 Å². The second kappa shape index (κ2) is 6.86. The first-order valence-electron chi connectivity index (χ1n) is 8.99. The van der Waals surface area contributed by atoms with E-state index in [0.29, 0.717) is 32.1 Å². The van der Waals surface area contributed by atoms with Gasteiger partial charge in [0, 0.05) is 43.9 Å². The zero-order valence-electron chi connectivity index (χ0n) is 14.9. The first-order chi connectivity index (χ1) is 12.6. The molecule has 2 aromatic rings. The fourth-order valence-corrected chi connectivity index (χ4v) is 4.10. The maximum atomic E-state index is 12.6. The molecule has 0 unspecified atom stereocenters. The molecule has 1 N–H and O–H groups in total. The van der Waals surface area contributed by atoms with Crippen LogP contribution in [0.4, 0.5) is 4.79 Å². The Morgan fingerprint density at radius 3 is 2.73 bits per heavy atom. The fourth-order valence-electron chi connectivity index (χ4n) is 4.10. The van der Waals surface area contributed by atoms with E-state index >= 15 is 0 Å². The van der Waals surface area contributed by atoms with Crippen LogP contribution in [0.3, 0.4) is 0 Å². The van der Waals surface area contributed by atoms with Crippen molar-refractivity contribution in [2.45, 2.75) is 25.4 Å². The number of nitrogens with one attached hydrogen (secondary N) is 1. The molecule has 3 heterocycles. The molecule has 26 heavy (non-hydrogen) atoms. The van der Waals surface area contributed by atoms with E-state index in [1.165, 1.54) is 0 Å². The van der Waals surface area contributed by atoms with E-state index in [1.54, 1.807) is 13.2 Å². The van der Waals surface area contributed by atoms with E-state index in [4.69, 9.17) is 4.74 Å². The maximum absolute atomic E-state index is 12.6. The Morgan fingerprint density at radius 1 is 1.15 bits per heavy atom. The number of piperidine rings is 1. The van der Waals surface area contributed by atoms with Gasteiger partial charge in [-0.3, -0.25) is 4.79 Å². The minimum absolute atomic E-state index is 0.0396. The lowest BCUT2D eigenvalue weighted by Crippen LogP contribution is -2.51. The van der Waals surface area contributed by atoms with Gasteiger partial charge in [-0.05, 0) is 36.1 Å².